The van der Waals surface area contributed by atoms with Crippen molar-refractivity contribution in [3.05, 3.63) is 27.1 Å². The van der Waals surface area contributed by atoms with Crippen LogP contribution in [0.2, 0.25) is 0 Å². The first kappa shape index (κ1) is 16.5. The van der Waals surface area contributed by atoms with E-state index < -0.39 is 0 Å². The summed E-state index contributed by atoms with van der Waals surface area (Å²) in [5, 5.41) is 4.24. The number of amides is 1. The second-order valence-electron chi connectivity index (χ2n) is 5.00. The van der Waals surface area contributed by atoms with E-state index in [0.29, 0.717) is 11.7 Å². The van der Waals surface area contributed by atoms with Crippen molar-refractivity contribution in [2.24, 2.45) is 11.0 Å². The molecule has 1 atom stereocenters. The minimum absolute atomic E-state index is 0.0478. The van der Waals surface area contributed by atoms with E-state index in [1.54, 1.807) is 6.07 Å². The summed E-state index contributed by atoms with van der Waals surface area (Å²) in [5.74, 6) is 0.916. The lowest BCUT2D eigenvalue weighted by Gasteiger charge is -2.09. The van der Waals surface area contributed by atoms with Gasteiger partial charge in [0.05, 0.1) is 4.47 Å². The Morgan fingerprint density at radius 1 is 1.48 bits per heavy atom. The summed E-state index contributed by atoms with van der Waals surface area (Å²) < 4.78 is 7.23. The molecule has 114 valence electrons. The van der Waals surface area contributed by atoms with Crippen LogP contribution in [-0.4, -0.2) is 18.2 Å². The van der Waals surface area contributed by atoms with Gasteiger partial charge < -0.3 is 4.74 Å². The van der Waals surface area contributed by atoms with Crippen molar-refractivity contribution in [1.82, 2.24) is 5.43 Å². The molecule has 0 aliphatic heterocycles. The molecule has 4 nitrogen and oxygen atoms in total. The first-order chi connectivity index (χ1) is 10.1. The SMILES string of the molecule is CCC1CCC/C1=N\NC(=O)COc1ccc(Br)cc1Br. The fraction of sp³-hybridized carbons (Fsp3) is 0.467. The Labute approximate surface area is 141 Å². The molecule has 1 unspecified atom stereocenters. The van der Waals surface area contributed by atoms with Crippen LogP contribution in [0, 0.1) is 5.92 Å². The standard InChI is InChI=1S/C15H18Br2N2O2/c1-2-10-4-3-5-13(10)18-19-15(20)9-21-14-7-6-11(16)8-12(14)17/h6-8,10H,2-5,9H2,1H3,(H,19,20)/b18-13+. The number of halogens is 2. The molecule has 1 saturated carbocycles. The fourth-order valence-electron chi connectivity index (χ4n) is 2.39. The fourth-order valence-corrected chi connectivity index (χ4v) is 3.55. The first-order valence-electron chi connectivity index (χ1n) is 7.03. The number of ether oxygens (including phenoxy) is 1. The first-order valence-corrected chi connectivity index (χ1v) is 8.62. The molecule has 0 heterocycles. The van der Waals surface area contributed by atoms with E-state index in [0.717, 1.165) is 33.9 Å². The number of benzene rings is 1. The summed E-state index contributed by atoms with van der Waals surface area (Å²) in [5.41, 5.74) is 3.70. The number of carbonyl (C=O) groups excluding carboxylic acids is 1. The molecule has 1 aromatic carbocycles. The van der Waals surface area contributed by atoms with Crippen molar-refractivity contribution in [2.45, 2.75) is 32.6 Å². The highest BCUT2D eigenvalue weighted by atomic mass is 79.9. The number of rotatable bonds is 5. The molecule has 6 heteroatoms. The van der Waals surface area contributed by atoms with Gasteiger partial charge >= 0.3 is 0 Å². The van der Waals surface area contributed by atoms with E-state index in [1.165, 1.54) is 6.42 Å². The highest BCUT2D eigenvalue weighted by Crippen LogP contribution is 2.28. The summed E-state index contributed by atoms with van der Waals surface area (Å²) >= 11 is 6.76. The van der Waals surface area contributed by atoms with Gasteiger partial charge in [-0.3, -0.25) is 4.79 Å². The lowest BCUT2D eigenvalue weighted by atomic mass is 10.0. The maximum Gasteiger partial charge on any atom is 0.277 e. The molecule has 1 aliphatic rings. The van der Waals surface area contributed by atoms with E-state index in [-0.39, 0.29) is 12.5 Å². The van der Waals surface area contributed by atoms with Crippen LogP contribution in [0.5, 0.6) is 5.75 Å². The number of hydrazone groups is 1. The predicted molar refractivity (Wildman–Crippen MR) is 90.5 cm³/mol. The van der Waals surface area contributed by atoms with Crippen LogP contribution >= 0.6 is 31.9 Å². The highest BCUT2D eigenvalue weighted by molar-refractivity contribution is 9.11. The Morgan fingerprint density at radius 2 is 2.29 bits per heavy atom. The number of nitrogens with one attached hydrogen (secondary N) is 1. The number of carbonyl (C=O) groups is 1. The van der Waals surface area contributed by atoms with Gasteiger partial charge in [-0.1, -0.05) is 22.9 Å². The zero-order chi connectivity index (χ0) is 15.2. The summed E-state index contributed by atoms with van der Waals surface area (Å²) in [7, 11) is 0. The monoisotopic (exact) mass is 416 g/mol. The second kappa shape index (κ2) is 7.94. The number of hydrogen-bond donors (Lipinski definition) is 1. The lowest BCUT2D eigenvalue weighted by Crippen LogP contribution is -2.26. The molecule has 1 fully saturated rings. The Hall–Kier alpha value is -0.880. The molecule has 1 amide bonds. The maximum atomic E-state index is 11.8. The van der Waals surface area contributed by atoms with Gasteiger partial charge in [0.1, 0.15) is 5.75 Å². The van der Waals surface area contributed by atoms with Crippen LogP contribution in [0.25, 0.3) is 0 Å². The van der Waals surface area contributed by atoms with Crippen molar-refractivity contribution in [1.29, 1.82) is 0 Å². The third kappa shape index (κ3) is 4.81. The molecule has 0 spiro atoms. The lowest BCUT2D eigenvalue weighted by molar-refractivity contribution is -0.123. The predicted octanol–water partition coefficient (Wildman–Crippen LogP) is 4.27. The third-order valence-corrected chi connectivity index (χ3v) is 4.64. The minimum atomic E-state index is -0.237. The third-order valence-electron chi connectivity index (χ3n) is 3.53. The van der Waals surface area contributed by atoms with Crippen LogP contribution in [0.15, 0.2) is 32.2 Å². The van der Waals surface area contributed by atoms with Gasteiger partial charge in [-0.25, -0.2) is 5.43 Å². The van der Waals surface area contributed by atoms with Gasteiger partial charge in [-0.2, -0.15) is 5.10 Å². The molecular formula is C15H18Br2N2O2. The van der Waals surface area contributed by atoms with Crippen LogP contribution < -0.4 is 10.2 Å². The van der Waals surface area contributed by atoms with Gasteiger partial charge in [0.25, 0.3) is 5.91 Å². The molecule has 1 aromatic rings. The zero-order valence-electron chi connectivity index (χ0n) is 11.9. The van der Waals surface area contributed by atoms with E-state index in [9.17, 15) is 4.79 Å². The van der Waals surface area contributed by atoms with Crippen LogP contribution in [0.3, 0.4) is 0 Å². The number of nitrogens with zero attached hydrogens (tertiary/aromatic N) is 1. The molecule has 21 heavy (non-hydrogen) atoms. The van der Waals surface area contributed by atoms with Crippen LogP contribution in [0.4, 0.5) is 0 Å². The largest absolute Gasteiger partial charge is 0.483 e. The Morgan fingerprint density at radius 3 is 3.00 bits per heavy atom. The van der Waals surface area contributed by atoms with Crippen molar-refractivity contribution in [2.75, 3.05) is 6.61 Å². The molecule has 2 rings (SSSR count). The summed E-state index contributed by atoms with van der Waals surface area (Å²) in [6, 6.07) is 5.54. The highest BCUT2D eigenvalue weighted by Gasteiger charge is 2.20. The van der Waals surface area contributed by atoms with Crippen LogP contribution in [0.1, 0.15) is 32.6 Å². The van der Waals surface area contributed by atoms with E-state index >= 15 is 0 Å². The Balaban J connectivity index is 1.83. The molecule has 0 bridgehead atoms. The average Bonchev–Trinajstić information content (AvgIpc) is 2.91. The summed E-state index contributed by atoms with van der Waals surface area (Å²) in [6.45, 7) is 2.11. The van der Waals surface area contributed by atoms with Gasteiger partial charge in [0, 0.05) is 10.2 Å². The van der Waals surface area contributed by atoms with E-state index in [1.807, 2.05) is 12.1 Å². The Kier molecular flexibility index (Phi) is 6.23. The molecule has 1 N–H and O–H groups in total. The van der Waals surface area contributed by atoms with Crippen molar-refractivity contribution in [3.8, 4) is 5.75 Å². The van der Waals surface area contributed by atoms with Gasteiger partial charge in [-0.05, 0) is 65.7 Å². The molecule has 0 saturated heterocycles. The van der Waals surface area contributed by atoms with Crippen molar-refractivity contribution < 1.29 is 9.53 Å². The zero-order valence-corrected chi connectivity index (χ0v) is 15.0. The van der Waals surface area contributed by atoms with E-state index in [2.05, 4.69) is 49.3 Å². The summed E-state index contributed by atoms with van der Waals surface area (Å²) in [4.78, 5) is 11.8. The second-order valence-corrected chi connectivity index (χ2v) is 6.77. The number of hydrogen-bond acceptors (Lipinski definition) is 3. The van der Waals surface area contributed by atoms with Crippen molar-refractivity contribution >= 4 is 43.5 Å². The minimum Gasteiger partial charge on any atom is -0.483 e. The quantitative estimate of drug-likeness (QED) is 0.727. The maximum absolute atomic E-state index is 11.8. The van der Waals surface area contributed by atoms with E-state index in [4.69, 9.17) is 4.74 Å². The molecule has 0 radical (unpaired) electrons. The Bertz CT molecular complexity index is 546. The normalized spacial score (nSPS) is 19.8. The van der Waals surface area contributed by atoms with Gasteiger partial charge in [-0.15, -0.1) is 0 Å². The summed E-state index contributed by atoms with van der Waals surface area (Å²) in [6.07, 6.45) is 4.40. The topological polar surface area (TPSA) is 50.7 Å². The van der Waals surface area contributed by atoms with Gasteiger partial charge in [0.15, 0.2) is 6.61 Å². The van der Waals surface area contributed by atoms with Crippen LogP contribution in [-0.2, 0) is 4.79 Å². The molecule has 0 aromatic heterocycles. The van der Waals surface area contributed by atoms with Crippen molar-refractivity contribution in [3.63, 3.8) is 0 Å². The smallest absolute Gasteiger partial charge is 0.277 e. The average molecular weight is 418 g/mol. The van der Waals surface area contributed by atoms with Gasteiger partial charge in [0.2, 0.25) is 0 Å². The molecular weight excluding hydrogens is 400 g/mol. The molecule has 1 aliphatic carbocycles.